The summed E-state index contributed by atoms with van der Waals surface area (Å²) in [5.74, 6) is -6.95. The smallest absolute Gasteiger partial charge is 0.505 e. The van der Waals surface area contributed by atoms with Gasteiger partial charge in [-0.3, -0.25) is 19.2 Å². The Labute approximate surface area is 388 Å². The third-order valence-corrected chi connectivity index (χ3v) is 10.9. The van der Waals surface area contributed by atoms with Gasteiger partial charge in [-0.2, -0.15) is 9.36 Å². The van der Waals surface area contributed by atoms with Crippen LogP contribution in [-0.4, -0.2) is 86.1 Å². The fraction of sp³-hybridized carbons (Fsp3) is 0.378. The fourth-order valence-corrected chi connectivity index (χ4v) is 7.60. The van der Waals surface area contributed by atoms with E-state index < -0.39 is 94.1 Å². The number of hydrogen-bond acceptors (Lipinski definition) is 10. The van der Waals surface area contributed by atoms with E-state index in [9.17, 15) is 59.4 Å². The number of phenolic OH excluding ortho intramolecular Hbond substituents is 1. The minimum Gasteiger partial charge on any atom is -0.508 e. The molecule has 4 N–H and O–H groups in total. The lowest BCUT2D eigenvalue weighted by molar-refractivity contribution is -0.211. The highest BCUT2D eigenvalue weighted by molar-refractivity contribution is 5.99. The summed E-state index contributed by atoms with van der Waals surface area (Å²) in [6.07, 6.45) is -9.92. The summed E-state index contributed by atoms with van der Waals surface area (Å²) in [5, 5.41) is 23.5. The van der Waals surface area contributed by atoms with Gasteiger partial charge in [0, 0.05) is 78.5 Å². The molecule has 5 aromatic rings. The molecule has 4 atom stereocenters. The van der Waals surface area contributed by atoms with Crippen molar-refractivity contribution in [1.29, 1.82) is 0 Å². The van der Waals surface area contributed by atoms with E-state index in [1.54, 1.807) is 45.9 Å². The maximum atomic E-state index is 14.4. The largest absolute Gasteiger partial charge is 0.508 e. The molecule has 4 amide bonds. The number of aromatic nitrogens is 4. The number of carbonyl (C=O) groups excluding carboxylic acids is 4. The van der Waals surface area contributed by atoms with Gasteiger partial charge in [-0.05, 0) is 57.2 Å². The molecule has 16 nitrogen and oxygen atoms in total. The summed E-state index contributed by atoms with van der Waals surface area (Å²) in [4.78, 5) is 51.4. The highest BCUT2D eigenvalue weighted by Gasteiger charge is 2.43. The molecule has 0 unspecified atom stereocenters. The minimum absolute atomic E-state index is 0.0323. The number of methoxy groups -OCH3 is 2. The Bertz CT molecular complexity index is 2730. The average molecular weight is 979 g/mol. The van der Waals surface area contributed by atoms with Crippen LogP contribution in [0.4, 0.5) is 46.8 Å². The van der Waals surface area contributed by atoms with Crippen LogP contribution < -0.4 is 30.2 Å². The molecule has 0 spiro atoms. The van der Waals surface area contributed by atoms with Gasteiger partial charge in [0.1, 0.15) is 40.2 Å². The van der Waals surface area contributed by atoms with Crippen LogP contribution in [0.2, 0.25) is 0 Å². The Morgan fingerprint density at radius 2 is 1.29 bits per heavy atom. The highest BCUT2D eigenvalue weighted by atomic mass is 19.4. The normalized spacial score (nSPS) is 18.3. The number of aromatic hydroxyl groups is 1. The molecule has 0 radical (unpaired) electrons. The number of halogens is 8. The molecular formula is C45H46F8N8O8. The zero-order valence-corrected chi connectivity index (χ0v) is 37.8. The average Bonchev–Trinajstić information content (AvgIpc) is 4.02. The summed E-state index contributed by atoms with van der Waals surface area (Å²) in [7, 11) is 3.00. The van der Waals surface area contributed by atoms with Crippen molar-refractivity contribution in [3.8, 4) is 45.5 Å². The lowest BCUT2D eigenvalue weighted by Gasteiger charge is -2.22. The van der Waals surface area contributed by atoms with Crippen molar-refractivity contribution < 1.29 is 73.6 Å². The van der Waals surface area contributed by atoms with E-state index in [0.29, 0.717) is 17.1 Å². The van der Waals surface area contributed by atoms with Crippen molar-refractivity contribution in [1.82, 2.24) is 29.8 Å². The van der Waals surface area contributed by atoms with Crippen LogP contribution in [-0.2, 0) is 38.3 Å². The van der Waals surface area contributed by atoms with Crippen molar-refractivity contribution in [3.05, 3.63) is 83.9 Å². The molecule has 0 aliphatic carbocycles. The van der Waals surface area contributed by atoms with Crippen LogP contribution in [0.3, 0.4) is 0 Å². The summed E-state index contributed by atoms with van der Waals surface area (Å²) >= 11 is 0. The fourth-order valence-electron chi connectivity index (χ4n) is 7.60. The van der Waals surface area contributed by atoms with Gasteiger partial charge in [-0.1, -0.05) is 13.8 Å². The first-order chi connectivity index (χ1) is 32.1. The summed E-state index contributed by atoms with van der Waals surface area (Å²) in [5.41, 5.74) is -1.53. The predicted octanol–water partition coefficient (Wildman–Crippen LogP) is 7.78. The van der Waals surface area contributed by atoms with Crippen LogP contribution in [0.1, 0.15) is 40.2 Å². The van der Waals surface area contributed by atoms with Crippen LogP contribution in [0, 0.1) is 35.3 Å². The van der Waals surface area contributed by atoms with Crippen LogP contribution in [0.15, 0.2) is 66.7 Å². The number of alkyl halides is 6. The molecule has 2 saturated heterocycles. The SMILES string of the molecule is COc1ccc(CN2C[C@H](C(=O)Nc3cc(-c4cc(F)cc(OC(C)(C)C)c4)n(C(F)(F)F)n3)[C@@H](C)C2=O)c(OC)c1.C[C@H]1C(=O)NC[C@@H]1C(=O)Nc1cc(-c2cc(O)cc(F)c2)n(C(F)(F)F)n1. The van der Waals surface area contributed by atoms with Gasteiger partial charge < -0.3 is 40.2 Å². The number of carbonyl (C=O) groups is 4. The molecule has 3 aromatic carbocycles. The lowest BCUT2D eigenvalue weighted by Crippen LogP contribution is -2.29. The molecule has 4 heterocycles. The van der Waals surface area contributed by atoms with Gasteiger partial charge >= 0.3 is 12.6 Å². The monoisotopic (exact) mass is 978 g/mol. The van der Waals surface area contributed by atoms with Crippen molar-refractivity contribution in [2.24, 2.45) is 23.7 Å². The van der Waals surface area contributed by atoms with E-state index >= 15 is 0 Å². The maximum absolute atomic E-state index is 14.4. The van der Waals surface area contributed by atoms with Crippen molar-refractivity contribution in [2.75, 3.05) is 37.9 Å². The first-order valence-corrected chi connectivity index (χ1v) is 20.9. The van der Waals surface area contributed by atoms with Crippen molar-refractivity contribution in [3.63, 3.8) is 0 Å². The number of nitrogens with zero attached hydrogens (tertiary/aromatic N) is 5. The number of likely N-dealkylation sites (tertiary alicyclic amines) is 1. The number of benzene rings is 3. The molecule has 69 heavy (non-hydrogen) atoms. The van der Waals surface area contributed by atoms with E-state index in [1.165, 1.54) is 32.1 Å². The molecule has 2 aliphatic heterocycles. The van der Waals surface area contributed by atoms with Crippen molar-refractivity contribution >= 4 is 35.3 Å². The first kappa shape index (κ1) is 51.0. The van der Waals surface area contributed by atoms with Crippen molar-refractivity contribution in [2.45, 2.75) is 59.4 Å². The third-order valence-electron chi connectivity index (χ3n) is 10.9. The van der Waals surface area contributed by atoms with Gasteiger partial charge in [0.05, 0.1) is 37.4 Å². The zero-order chi connectivity index (χ0) is 50.9. The number of phenols is 1. The number of amides is 4. The molecule has 0 saturated carbocycles. The molecule has 7 rings (SSSR count). The van der Waals surface area contributed by atoms with Gasteiger partial charge in [0.25, 0.3) is 0 Å². The Hall–Kier alpha value is -7.40. The number of rotatable bonds is 11. The topological polar surface area (TPSA) is 191 Å². The molecule has 2 aromatic heterocycles. The van der Waals surface area contributed by atoms with Gasteiger partial charge in [-0.15, -0.1) is 36.5 Å². The second-order valence-electron chi connectivity index (χ2n) is 17.1. The van der Waals surface area contributed by atoms with E-state index in [4.69, 9.17) is 14.2 Å². The summed E-state index contributed by atoms with van der Waals surface area (Å²) in [6, 6.07) is 12.8. The van der Waals surface area contributed by atoms with Crippen LogP contribution in [0.5, 0.6) is 23.0 Å². The molecule has 0 bridgehead atoms. The molecule has 2 aliphatic rings. The van der Waals surface area contributed by atoms with Gasteiger partial charge in [-0.25, -0.2) is 8.78 Å². The Morgan fingerprint density at radius 3 is 1.78 bits per heavy atom. The number of hydrogen-bond donors (Lipinski definition) is 4. The maximum Gasteiger partial charge on any atom is 0.505 e. The number of anilines is 2. The molecule has 370 valence electrons. The predicted molar refractivity (Wildman–Crippen MR) is 230 cm³/mol. The Morgan fingerprint density at radius 1 is 0.739 bits per heavy atom. The van der Waals surface area contributed by atoms with Gasteiger partial charge in [0.2, 0.25) is 23.6 Å². The van der Waals surface area contributed by atoms with E-state index in [0.717, 1.165) is 42.5 Å². The minimum atomic E-state index is -4.97. The summed E-state index contributed by atoms with van der Waals surface area (Å²) < 4.78 is 125. The number of nitrogens with one attached hydrogen (secondary N) is 3. The second-order valence-corrected chi connectivity index (χ2v) is 17.1. The Balaban J connectivity index is 0.000000249. The van der Waals surface area contributed by atoms with Crippen LogP contribution >= 0.6 is 0 Å². The van der Waals surface area contributed by atoms with Crippen LogP contribution in [0.25, 0.3) is 22.5 Å². The first-order valence-electron chi connectivity index (χ1n) is 20.9. The lowest BCUT2D eigenvalue weighted by atomic mass is 9.97. The molecule has 2 fully saturated rings. The number of ether oxygens (including phenoxy) is 3. The second kappa shape index (κ2) is 19.7. The van der Waals surface area contributed by atoms with E-state index in [2.05, 4.69) is 26.1 Å². The van der Waals surface area contributed by atoms with E-state index in [-0.39, 0.29) is 57.7 Å². The Kier molecular flexibility index (Phi) is 14.5. The third kappa shape index (κ3) is 12.0. The van der Waals surface area contributed by atoms with E-state index in [1.807, 2.05) is 0 Å². The molecular weight excluding hydrogens is 933 g/mol. The van der Waals surface area contributed by atoms with Gasteiger partial charge in [0.15, 0.2) is 11.6 Å². The zero-order valence-electron chi connectivity index (χ0n) is 37.8. The highest BCUT2D eigenvalue weighted by Crippen LogP contribution is 2.37. The summed E-state index contributed by atoms with van der Waals surface area (Å²) in [6.45, 7) is 8.52. The quantitative estimate of drug-likeness (QED) is 0.0951. The standard InChI is InChI=1S/C29H32F4N4O5.C16H14F4N4O3/c1-16-22(15-36(27(16)39)14-17-7-8-20(40-5)12-24(17)41-6)26(38)34-25-13-23(37(35-25)29(31,32)33)18-9-19(30)11-21(10-18)42-28(2,3)4;1-7-11(6-21-14(7)26)15(27)22-13-5-12(24(23-13)16(18,19)20)8-2-9(17)4-10(25)3-8/h7-13,16,22H,14-15H2,1-6H3,(H,34,35,38);2-5,7,11,25H,6H2,1H3,(H,21,26)(H,22,23,27)/t16-,22+;7-,11+/m11/s1. The molecule has 24 heteroatoms.